The van der Waals surface area contributed by atoms with Gasteiger partial charge in [-0.25, -0.2) is 4.79 Å². The van der Waals surface area contributed by atoms with Gasteiger partial charge in [-0.2, -0.15) is 51.3 Å². The van der Waals surface area contributed by atoms with Gasteiger partial charge in [0.05, 0.1) is 12.1 Å². The van der Waals surface area contributed by atoms with Gasteiger partial charge in [-0.1, -0.05) is 6.42 Å². The number of rotatable bonds is 11. The summed E-state index contributed by atoms with van der Waals surface area (Å²) in [4.78, 5) is 34.2. The maximum atomic E-state index is 13.4. The minimum atomic E-state index is -7.16. The Balaban J connectivity index is 1.67. The van der Waals surface area contributed by atoms with Gasteiger partial charge in [-0.3, -0.25) is 9.59 Å². The maximum absolute atomic E-state index is 13.4. The topological polar surface area (TPSA) is 99.3 Å². The predicted molar refractivity (Wildman–Crippen MR) is 101 cm³/mol. The standard InChI is InChI=1S/C17H21F9N4O3S/c18-14(19,15(20,21)16(22,23)17(24,25)26)12(32)28-6-5-27-10(31)4-2-1-3-9-11-8(7-34-9)29-13(33)30-11/h8-9,11H,1-7H2,(H,27,31)(H,28,32)(H2,29,30,33)/t8-,9-,11-/m0/s1. The lowest BCUT2D eigenvalue weighted by Crippen LogP contribution is -2.65. The summed E-state index contributed by atoms with van der Waals surface area (Å²) >= 11 is 1.68. The Bertz CT molecular complexity index is 782. The Kier molecular flexibility index (Phi) is 8.51. The van der Waals surface area contributed by atoms with Crippen LogP contribution in [0.4, 0.5) is 44.3 Å². The van der Waals surface area contributed by atoms with Crippen LogP contribution < -0.4 is 21.3 Å². The number of fused-ring (bicyclic) bond motifs is 1. The summed E-state index contributed by atoms with van der Waals surface area (Å²) in [6, 6.07) is -0.188. The number of thioether (sulfide) groups is 1. The van der Waals surface area contributed by atoms with Crippen molar-refractivity contribution in [2.75, 3.05) is 18.8 Å². The molecule has 7 nitrogen and oxygen atoms in total. The molecule has 2 saturated heterocycles. The molecule has 2 heterocycles. The highest BCUT2D eigenvalue weighted by Gasteiger charge is 2.83. The smallest absolute Gasteiger partial charge is 0.354 e. The van der Waals surface area contributed by atoms with Crippen molar-refractivity contribution >= 4 is 29.6 Å². The number of amides is 4. The molecule has 4 N–H and O–H groups in total. The molecule has 34 heavy (non-hydrogen) atoms. The minimum Gasteiger partial charge on any atom is -0.354 e. The zero-order valence-electron chi connectivity index (χ0n) is 17.2. The lowest BCUT2D eigenvalue weighted by molar-refractivity contribution is -0.388. The molecular formula is C17H21F9N4O3S. The summed E-state index contributed by atoms with van der Waals surface area (Å²) in [6.07, 6.45) is -5.27. The maximum Gasteiger partial charge on any atom is 0.460 e. The molecule has 2 aliphatic heterocycles. The fraction of sp³-hybridized carbons (Fsp3) is 0.824. The van der Waals surface area contributed by atoms with Crippen LogP contribution in [0.5, 0.6) is 0 Å². The molecule has 2 aliphatic rings. The SMILES string of the molecule is O=C(CCCC[C@@H]1SC[C@@H]2NC(=O)N[C@@H]21)NCCNC(=O)C(F)(F)C(F)(F)C(F)(F)C(F)(F)F. The van der Waals surface area contributed by atoms with Gasteiger partial charge in [0, 0.05) is 30.5 Å². The second-order valence-electron chi connectivity index (χ2n) is 7.69. The Morgan fingerprint density at radius 2 is 1.53 bits per heavy atom. The van der Waals surface area contributed by atoms with E-state index in [-0.39, 0.29) is 29.8 Å². The monoisotopic (exact) mass is 532 g/mol. The fourth-order valence-corrected chi connectivity index (χ4v) is 4.91. The van der Waals surface area contributed by atoms with Crippen molar-refractivity contribution in [1.29, 1.82) is 0 Å². The first-order valence-corrected chi connectivity index (χ1v) is 11.0. The zero-order chi connectivity index (χ0) is 25.9. The average molecular weight is 532 g/mol. The highest BCUT2D eigenvalue weighted by molar-refractivity contribution is 8.00. The summed E-state index contributed by atoms with van der Waals surface area (Å²) < 4.78 is 115. The van der Waals surface area contributed by atoms with E-state index in [1.54, 1.807) is 11.8 Å². The van der Waals surface area contributed by atoms with Crippen molar-refractivity contribution in [2.24, 2.45) is 0 Å². The van der Waals surface area contributed by atoms with Gasteiger partial charge >= 0.3 is 30.0 Å². The number of carbonyl (C=O) groups is 3. The molecule has 2 rings (SSSR count). The van der Waals surface area contributed by atoms with Gasteiger partial charge in [-0.15, -0.1) is 0 Å². The van der Waals surface area contributed by atoms with E-state index in [1.165, 1.54) is 0 Å². The van der Waals surface area contributed by atoms with E-state index in [2.05, 4.69) is 16.0 Å². The molecule has 0 aliphatic carbocycles. The molecule has 0 saturated carbocycles. The molecule has 0 aromatic carbocycles. The Labute approximate surface area is 191 Å². The molecule has 4 amide bonds. The van der Waals surface area contributed by atoms with E-state index in [4.69, 9.17) is 0 Å². The third-order valence-electron chi connectivity index (χ3n) is 5.24. The first kappa shape index (κ1) is 28.2. The fourth-order valence-electron chi connectivity index (χ4n) is 3.37. The number of alkyl halides is 9. The van der Waals surface area contributed by atoms with Crippen molar-refractivity contribution in [3.8, 4) is 0 Å². The highest BCUT2D eigenvalue weighted by atomic mass is 32.2. The summed E-state index contributed by atoms with van der Waals surface area (Å²) in [7, 11) is 0. The summed E-state index contributed by atoms with van der Waals surface area (Å²) in [6.45, 7) is -1.47. The number of hydrogen-bond acceptors (Lipinski definition) is 4. The number of urea groups is 1. The van der Waals surface area contributed by atoms with Crippen molar-refractivity contribution in [2.45, 2.75) is 67.0 Å². The quantitative estimate of drug-likeness (QED) is 0.187. The minimum absolute atomic E-state index is 0.00322. The van der Waals surface area contributed by atoms with Gasteiger partial charge in [0.15, 0.2) is 0 Å². The van der Waals surface area contributed by atoms with Crippen molar-refractivity contribution in [3.05, 3.63) is 0 Å². The van der Waals surface area contributed by atoms with E-state index in [1.807, 2.05) is 0 Å². The number of hydrogen-bond donors (Lipinski definition) is 4. The van der Waals surface area contributed by atoms with Crippen LogP contribution in [0.2, 0.25) is 0 Å². The lowest BCUT2D eigenvalue weighted by atomic mass is 10.0. The second-order valence-corrected chi connectivity index (χ2v) is 8.97. The predicted octanol–water partition coefficient (Wildman–Crippen LogP) is 2.41. The molecule has 17 heteroatoms. The number of unbranched alkanes of at least 4 members (excludes halogenated alkanes) is 1. The molecule has 3 atom stereocenters. The van der Waals surface area contributed by atoms with Crippen LogP contribution in [0.25, 0.3) is 0 Å². The molecule has 0 spiro atoms. The third-order valence-corrected chi connectivity index (χ3v) is 6.75. The summed E-state index contributed by atoms with van der Waals surface area (Å²) in [5.74, 6) is -23.4. The van der Waals surface area contributed by atoms with Crippen LogP contribution in [0.3, 0.4) is 0 Å². The van der Waals surface area contributed by atoms with E-state index in [9.17, 15) is 53.9 Å². The Morgan fingerprint density at radius 3 is 2.15 bits per heavy atom. The van der Waals surface area contributed by atoms with Crippen LogP contribution in [-0.2, 0) is 9.59 Å². The zero-order valence-corrected chi connectivity index (χ0v) is 18.0. The molecule has 0 unspecified atom stereocenters. The van der Waals surface area contributed by atoms with E-state index < -0.39 is 48.8 Å². The van der Waals surface area contributed by atoms with Gasteiger partial charge in [0.25, 0.3) is 5.91 Å². The molecule has 196 valence electrons. The summed E-state index contributed by atoms with van der Waals surface area (Å²) in [5.41, 5.74) is 0. The van der Waals surface area contributed by atoms with Gasteiger partial charge in [0.2, 0.25) is 5.91 Å². The normalized spacial score (nSPS) is 23.2. The molecule has 0 aromatic heterocycles. The Hall–Kier alpha value is -2.07. The van der Waals surface area contributed by atoms with E-state index >= 15 is 0 Å². The van der Waals surface area contributed by atoms with E-state index in [0.717, 1.165) is 11.1 Å². The van der Waals surface area contributed by atoms with E-state index in [0.29, 0.717) is 19.3 Å². The van der Waals surface area contributed by atoms with Gasteiger partial charge < -0.3 is 21.3 Å². The largest absolute Gasteiger partial charge is 0.460 e. The average Bonchev–Trinajstić information content (AvgIpc) is 3.26. The van der Waals surface area contributed by atoms with Crippen molar-refractivity contribution in [3.63, 3.8) is 0 Å². The molecule has 0 aromatic rings. The first-order valence-electron chi connectivity index (χ1n) is 9.96. The summed E-state index contributed by atoms with van der Waals surface area (Å²) in [5, 5.41) is 9.04. The third kappa shape index (κ3) is 5.76. The number of halogens is 9. The molecular weight excluding hydrogens is 511 g/mol. The Morgan fingerprint density at radius 1 is 0.912 bits per heavy atom. The lowest BCUT2D eigenvalue weighted by Gasteiger charge is -2.32. The highest BCUT2D eigenvalue weighted by Crippen LogP contribution is 2.53. The van der Waals surface area contributed by atoms with Crippen molar-refractivity contribution < 1.29 is 53.9 Å². The molecule has 0 radical (unpaired) electrons. The van der Waals surface area contributed by atoms with Crippen LogP contribution in [0.1, 0.15) is 25.7 Å². The molecule has 2 fully saturated rings. The molecule has 0 bridgehead atoms. The number of carbonyl (C=O) groups excluding carboxylic acids is 3. The van der Waals surface area contributed by atoms with Crippen LogP contribution in [0.15, 0.2) is 0 Å². The van der Waals surface area contributed by atoms with Crippen LogP contribution in [-0.4, -0.2) is 78.0 Å². The second kappa shape index (κ2) is 10.3. The van der Waals surface area contributed by atoms with Crippen molar-refractivity contribution in [1.82, 2.24) is 21.3 Å². The van der Waals surface area contributed by atoms with Crippen LogP contribution >= 0.6 is 11.8 Å². The first-order chi connectivity index (χ1) is 15.5. The van der Waals surface area contributed by atoms with Gasteiger partial charge in [0.1, 0.15) is 0 Å². The van der Waals surface area contributed by atoms with Crippen LogP contribution in [0, 0.1) is 0 Å². The number of nitrogens with one attached hydrogen (secondary N) is 4. The van der Waals surface area contributed by atoms with Gasteiger partial charge in [-0.05, 0) is 12.8 Å².